The largest absolute Gasteiger partial charge is 0.364 e. The van der Waals surface area contributed by atoms with Gasteiger partial charge in [0, 0.05) is 31.9 Å². The molecular weight excluding hydrogens is 260 g/mol. The SMILES string of the molecule is CCc1cc(CN2CC(C)NCc3ccccc32)n(C)n1. The smallest absolute Gasteiger partial charge is 0.0625 e. The van der Waals surface area contributed by atoms with Crippen LogP contribution >= 0.6 is 0 Å². The monoisotopic (exact) mass is 284 g/mol. The molecule has 1 aliphatic rings. The first kappa shape index (κ1) is 14.1. The molecule has 3 rings (SSSR count). The van der Waals surface area contributed by atoms with Crippen molar-refractivity contribution in [1.29, 1.82) is 0 Å². The molecule has 2 aromatic rings. The maximum absolute atomic E-state index is 4.57. The molecule has 0 bridgehead atoms. The third-order valence-electron chi connectivity index (χ3n) is 4.21. The minimum atomic E-state index is 0.483. The number of rotatable bonds is 3. The first-order chi connectivity index (χ1) is 10.2. The third kappa shape index (κ3) is 2.95. The summed E-state index contributed by atoms with van der Waals surface area (Å²) in [5, 5.41) is 8.15. The van der Waals surface area contributed by atoms with Crippen molar-refractivity contribution in [2.45, 2.75) is 39.4 Å². The number of nitrogens with one attached hydrogen (secondary N) is 1. The van der Waals surface area contributed by atoms with Crippen LogP contribution in [0, 0.1) is 0 Å². The Balaban J connectivity index is 1.90. The minimum Gasteiger partial charge on any atom is -0.364 e. The fourth-order valence-electron chi connectivity index (χ4n) is 2.98. The summed E-state index contributed by atoms with van der Waals surface area (Å²) in [5.41, 5.74) is 5.16. The molecule has 1 aromatic heterocycles. The zero-order valence-corrected chi connectivity index (χ0v) is 13.1. The van der Waals surface area contributed by atoms with Crippen LogP contribution in [-0.4, -0.2) is 22.4 Å². The summed E-state index contributed by atoms with van der Waals surface area (Å²) in [6.45, 7) is 7.27. The molecule has 0 amide bonds. The van der Waals surface area contributed by atoms with Crippen LogP contribution in [0.25, 0.3) is 0 Å². The van der Waals surface area contributed by atoms with Gasteiger partial charge >= 0.3 is 0 Å². The van der Waals surface area contributed by atoms with Crippen LogP contribution < -0.4 is 10.2 Å². The van der Waals surface area contributed by atoms with Gasteiger partial charge in [-0.05, 0) is 31.0 Å². The van der Waals surface area contributed by atoms with E-state index in [9.17, 15) is 0 Å². The predicted molar refractivity (Wildman–Crippen MR) is 86.4 cm³/mol. The highest BCUT2D eigenvalue weighted by atomic mass is 15.3. The van der Waals surface area contributed by atoms with Crippen LogP contribution in [-0.2, 0) is 26.6 Å². The van der Waals surface area contributed by atoms with E-state index in [0.29, 0.717) is 6.04 Å². The molecule has 0 fully saturated rings. The molecule has 1 atom stereocenters. The fourth-order valence-corrected chi connectivity index (χ4v) is 2.98. The van der Waals surface area contributed by atoms with Crippen LogP contribution in [0.2, 0.25) is 0 Å². The average Bonchev–Trinajstić information content (AvgIpc) is 2.76. The van der Waals surface area contributed by atoms with E-state index < -0.39 is 0 Å². The number of hydrogen-bond acceptors (Lipinski definition) is 3. The van der Waals surface area contributed by atoms with E-state index in [1.807, 2.05) is 11.7 Å². The molecule has 1 N–H and O–H groups in total. The number of anilines is 1. The van der Waals surface area contributed by atoms with E-state index in [4.69, 9.17) is 0 Å². The number of benzene rings is 1. The second kappa shape index (κ2) is 5.90. The van der Waals surface area contributed by atoms with Gasteiger partial charge in [0.25, 0.3) is 0 Å². The topological polar surface area (TPSA) is 33.1 Å². The quantitative estimate of drug-likeness (QED) is 0.940. The van der Waals surface area contributed by atoms with Gasteiger partial charge in [0.1, 0.15) is 0 Å². The summed E-state index contributed by atoms with van der Waals surface area (Å²) in [4.78, 5) is 2.47. The van der Waals surface area contributed by atoms with E-state index in [0.717, 1.165) is 26.1 Å². The predicted octanol–water partition coefficient (Wildman–Crippen LogP) is 2.48. The molecule has 21 heavy (non-hydrogen) atoms. The fraction of sp³-hybridized carbons (Fsp3) is 0.471. The second-order valence-corrected chi connectivity index (χ2v) is 5.90. The number of aryl methyl sites for hydroxylation is 2. The van der Waals surface area contributed by atoms with E-state index in [1.165, 1.54) is 22.6 Å². The van der Waals surface area contributed by atoms with Crippen LogP contribution in [0.5, 0.6) is 0 Å². The molecule has 4 heteroatoms. The van der Waals surface area contributed by atoms with Crippen molar-refractivity contribution in [3.8, 4) is 0 Å². The van der Waals surface area contributed by atoms with Crippen LogP contribution in [0.15, 0.2) is 30.3 Å². The number of hydrogen-bond donors (Lipinski definition) is 1. The standard InChI is InChI=1S/C17H24N4/c1-4-15-9-16(20(3)19-15)12-21-11-13(2)18-10-14-7-5-6-8-17(14)21/h5-9,13,18H,4,10-12H2,1-3H3. The van der Waals surface area contributed by atoms with Crippen LogP contribution in [0.3, 0.4) is 0 Å². The molecule has 0 aliphatic carbocycles. The van der Waals surface area contributed by atoms with Crippen molar-refractivity contribution in [3.05, 3.63) is 47.3 Å². The molecule has 0 saturated carbocycles. The number of nitrogens with zero attached hydrogens (tertiary/aromatic N) is 3. The van der Waals surface area contributed by atoms with Gasteiger partial charge in [-0.3, -0.25) is 4.68 Å². The minimum absolute atomic E-state index is 0.483. The number of para-hydroxylation sites is 1. The van der Waals surface area contributed by atoms with Gasteiger partial charge in [0.05, 0.1) is 17.9 Å². The Morgan fingerprint density at radius 3 is 2.90 bits per heavy atom. The van der Waals surface area contributed by atoms with Gasteiger partial charge in [-0.2, -0.15) is 5.10 Å². The molecule has 0 saturated heterocycles. The van der Waals surface area contributed by atoms with E-state index in [1.54, 1.807) is 0 Å². The highest BCUT2D eigenvalue weighted by Gasteiger charge is 2.19. The lowest BCUT2D eigenvalue weighted by atomic mass is 10.1. The Morgan fingerprint density at radius 1 is 1.33 bits per heavy atom. The number of fused-ring (bicyclic) bond motifs is 1. The normalized spacial score (nSPS) is 18.4. The summed E-state index contributed by atoms with van der Waals surface area (Å²) in [6.07, 6.45) is 0.988. The third-order valence-corrected chi connectivity index (χ3v) is 4.21. The lowest BCUT2D eigenvalue weighted by Crippen LogP contribution is -2.36. The van der Waals surface area contributed by atoms with E-state index in [2.05, 4.69) is 59.5 Å². The molecule has 0 spiro atoms. The Bertz CT molecular complexity index is 617. The molecule has 1 unspecified atom stereocenters. The second-order valence-electron chi connectivity index (χ2n) is 5.90. The highest BCUT2D eigenvalue weighted by Crippen LogP contribution is 2.25. The molecule has 112 valence electrons. The van der Waals surface area contributed by atoms with Gasteiger partial charge in [0.15, 0.2) is 0 Å². The zero-order chi connectivity index (χ0) is 14.8. The number of aromatic nitrogens is 2. The van der Waals surface area contributed by atoms with Crippen LogP contribution in [0.4, 0.5) is 5.69 Å². The summed E-state index contributed by atoms with van der Waals surface area (Å²) < 4.78 is 2.02. The Kier molecular flexibility index (Phi) is 3.97. The Hall–Kier alpha value is -1.81. The van der Waals surface area contributed by atoms with Gasteiger partial charge in [-0.15, -0.1) is 0 Å². The molecule has 2 heterocycles. The van der Waals surface area contributed by atoms with Gasteiger partial charge in [0.2, 0.25) is 0 Å². The maximum Gasteiger partial charge on any atom is 0.0625 e. The van der Waals surface area contributed by atoms with Gasteiger partial charge < -0.3 is 10.2 Å². The van der Waals surface area contributed by atoms with E-state index in [-0.39, 0.29) is 0 Å². The van der Waals surface area contributed by atoms with Gasteiger partial charge in [-0.25, -0.2) is 0 Å². The Labute approximate surface area is 126 Å². The van der Waals surface area contributed by atoms with Crippen molar-refractivity contribution in [2.24, 2.45) is 7.05 Å². The Morgan fingerprint density at radius 2 is 2.14 bits per heavy atom. The molecule has 1 aliphatic heterocycles. The van der Waals surface area contributed by atoms with Crippen molar-refractivity contribution in [3.63, 3.8) is 0 Å². The zero-order valence-electron chi connectivity index (χ0n) is 13.1. The van der Waals surface area contributed by atoms with Crippen LogP contribution in [0.1, 0.15) is 30.8 Å². The van der Waals surface area contributed by atoms with Gasteiger partial charge in [-0.1, -0.05) is 25.1 Å². The van der Waals surface area contributed by atoms with E-state index >= 15 is 0 Å². The molecular formula is C17H24N4. The van der Waals surface area contributed by atoms with Crippen molar-refractivity contribution in [1.82, 2.24) is 15.1 Å². The molecule has 4 nitrogen and oxygen atoms in total. The lowest BCUT2D eigenvalue weighted by Gasteiger charge is -2.26. The first-order valence-corrected chi connectivity index (χ1v) is 7.75. The van der Waals surface area contributed by atoms with Crippen molar-refractivity contribution < 1.29 is 0 Å². The molecule has 1 aromatic carbocycles. The average molecular weight is 284 g/mol. The summed E-state index contributed by atoms with van der Waals surface area (Å²) in [6, 6.07) is 11.4. The molecule has 0 radical (unpaired) electrons. The maximum atomic E-state index is 4.57. The van der Waals surface area contributed by atoms with Crippen molar-refractivity contribution >= 4 is 5.69 Å². The lowest BCUT2D eigenvalue weighted by molar-refractivity contribution is 0.547. The highest BCUT2D eigenvalue weighted by molar-refractivity contribution is 5.54. The summed E-state index contributed by atoms with van der Waals surface area (Å²) in [5.74, 6) is 0. The summed E-state index contributed by atoms with van der Waals surface area (Å²) >= 11 is 0. The van der Waals surface area contributed by atoms with Crippen molar-refractivity contribution in [2.75, 3.05) is 11.4 Å². The summed E-state index contributed by atoms with van der Waals surface area (Å²) in [7, 11) is 2.04. The first-order valence-electron chi connectivity index (χ1n) is 7.75.